The van der Waals surface area contributed by atoms with Crippen LogP contribution >= 0.6 is 39.1 Å². The molecule has 0 bridgehead atoms. The van der Waals surface area contributed by atoms with Gasteiger partial charge in [0, 0.05) is 9.50 Å². The van der Waals surface area contributed by atoms with Crippen molar-refractivity contribution in [3.8, 4) is 0 Å². The summed E-state index contributed by atoms with van der Waals surface area (Å²) in [7, 11) is -3.98. The van der Waals surface area contributed by atoms with Gasteiger partial charge in [-0.1, -0.05) is 39.1 Å². The van der Waals surface area contributed by atoms with Gasteiger partial charge in [0.2, 0.25) is 0 Å². The van der Waals surface area contributed by atoms with Gasteiger partial charge in [0.1, 0.15) is 0 Å². The normalized spacial score (nSPS) is 10.7. The van der Waals surface area contributed by atoms with Crippen LogP contribution in [0, 0.1) is 0 Å². The number of halogens is 3. The molecule has 2 rings (SSSR count). The Morgan fingerprint density at radius 3 is 2.23 bits per heavy atom. The van der Waals surface area contributed by atoms with Gasteiger partial charge in [0.15, 0.2) is 0 Å². The first-order valence-electron chi connectivity index (χ1n) is 5.57. The van der Waals surface area contributed by atoms with Crippen molar-refractivity contribution >= 4 is 55.1 Å². The quantitative estimate of drug-likeness (QED) is 0.735. The molecule has 0 spiro atoms. The number of benzene rings is 2. The second-order valence-electron chi connectivity index (χ2n) is 4.01. The summed E-state index contributed by atoms with van der Waals surface area (Å²) >= 11 is 14.8. The summed E-state index contributed by atoms with van der Waals surface area (Å²) in [6.45, 7) is 0. The largest absolute Gasteiger partial charge is 1.00 e. The summed E-state index contributed by atoms with van der Waals surface area (Å²) in [4.78, 5) is 12.0. The number of sulfonamides is 1. The van der Waals surface area contributed by atoms with Gasteiger partial charge in [-0.25, -0.2) is 13.1 Å². The second-order valence-corrected chi connectivity index (χ2v) is 7.45. The molecule has 112 valence electrons. The minimum Gasteiger partial charge on any atom is -1.00 e. The van der Waals surface area contributed by atoms with Crippen LogP contribution in [0.15, 0.2) is 51.8 Å². The molecule has 0 aliphatic carbocycles. The first kappa shape index (κ1) is 20.0. The molecule has 9 heteroatoms. The summed E-state index contributed by atoms with van der Waals surface area (Å²) in [5, 5.41) is 0.546. The van der Waals surface area contributed by atoms with Crippen molar-refractivity contribution in [1.82, 2.24) is 4.72 Å². The average Bonchev–Trinajstić information content (AvgIpc) is 2.38. The van der Waals surface area contributed by atoms with Crippen molar-refractivity contribution < 1.29 is 44.2 Å². The number of nitrogens with one attached hydrogen (secondary N) is 1. The van der Waals surface area contributed by atoms with Gasteiger partial charge in [-0.3, -0.25) is 4.79 Å². The molecule has 0 saturated heterocycles. The molecule has 2 aromatic rings. The molecule has 0 saturated carbocycles. The van der Waals surface area contributed by atoms with Gasteiger partial charge in [-0.15, -0.1) is 0 Å². The number of amides is 1. The Hall–Kier alpha value is -0.0800. The van der Waals surface area contributed by atoms with E-state index in [0.717, 1.165) is 0 Å². The Labute approximate surface area is 170 Å². The Bertz CT molecular complexity index is 803. The van der Waals surface area contributed by atoms with Gasteiger partial charge >= 0.3 is 29.6 Å². The van der Waals surface area contributed by atoms with Gasteiger partial charge in [0.25, 0.3) is 15.9 Å². The van der Waals surface area contributed by atoms with Crippen LogP contribution in [0.3, 0.4) is 0 Å². The van der Waals surface area contributed by atoms with Gasteiger partial charge in [-0.2, -0.15) is 0 Å². The number of carbonyl (C=O) groups excluding carboxylic acids is 1. The number of rotatable bonds is 3. The van der Waals surface area contributed by atoms with Crippen molar-refractivity contribution in [3.05, 3.63) is 62.5 Å². The van der Waals surface area contributed by atoms with Crippen molar-refractivity contribution in [3.63, 3.8) is 0 Å². The van der Waals surface area contributed by atoms with E-state index in [4.69, 9.17) is 23.2 Å². The molecule has 2 aromatic carbocycles. The fraction of sp³-hybridized carbons (Fsp3) is 0. The predicted octanol–water partition coefficient (Wildman–Crippen LogP) is 0.991. The van der Waals surface area contributed by atoms with E-state index in [1.165, 1.54) is 36.4 Å². The first-order chi connectivity index (χ1) is 9.79. The topological polar surface area (TPSA) is 63.2 Å². The standard InChI is InChI=1S/C13H8BrCl2NO3S.Na.H/c14-8-1-6-11(12(16)7-8)13(18)17-21(19,20)10-4-2-9(15)3-5-10;;/h1-7H,(H,17,18);;/q;+1;-1. The van der Waals surface area contributed by atoms with Crippen LogP contribution in [-0.2, 0) is 10.0 Å². The molecular formula is C13H9BrCl2NNaO3S. The van der Waals surface area contributed by atoms with E-state index < -0.39 is 15.9 Å². The molecule has 0 heterocycles. The fourth-order valence-corrected chi connectivity index (χ4v) is 3.37. The Morgan fingerprint density at radius 2 is 1.68 bits per heavy atom. The third-order valence-corrected chi connectivity index (χ3v) is 4.93. The Morgan fingerprint density at radius 1 is 1.09 bits per heavy atom. The molecule has 0 fully saturated rings. The maximum Gasteiger partial charge on any atom is 1.00 e. The zero-order chi connectivity index (χ0) is 15.6. The van der Waals surface area contributed by atoms with Crippen molar-refractivity contribution in [2.75, 3.05) is 0 Å². The molecule has 0 aliphatic heterocycles. The van der Waals surface area contributed by atoms with E-state index in [-0.39, 0.29) is 46.5 Å². The fourth-order valence-electron chi connectivity index (χ4n) is 1.52. The van der Waals surface area contributed by atoms with E-state index in [2.05, 4.69) is 15.9 Å². The smallest absolute Gasteiger partial charge is 1.00 e. The van der Waals surface area contributed by atoms with Gasteiger partial charge < -0.3 is 1.43 Å². The maximum atomic E-state index is 12.1. The van der Waals surface area contributed by atoms with E-state index in [0.29, 0.717) is 9.50 Å². The van der Waals surface area contributed by atoms with Crippen LogP contribution in [0.4, 0.5) is 0 Å². The van der Waals surface area contributed by atoms with Crippen LogP contribution in [-0.4, -0.2) is 14.3 Å². The third kappa shape index (κ3) is 4.96. The van der Waals surface area contributed by atoms with Crippen LogP contribution in [0.1, 0.15) is 11.8 Å². The molecule has 4 nitrogen and oxygen atoms in total. The first-order valence-corrected chi connectivity index (χ1v) is 8.60. The van der Waals surface area contributed by atoms with Gasteiger partial charge in [-0.05, 0) is 42.5 Å². The molecule has 0 aromatic heterocycles. The zero-order valence-electron chi connectivity index (χ0n) is 12.3. The molecule has 1 N–H and O–H groups in total. The van der Waals surface area contributed by atoms with E-state index in [1.54, 1.807) is 6.07 Å². The Balaban J connectivity index is 0.00000242. The van der Waals surface area contributed by atoms with Crippen LogP contribution in [0.25, 0.3) is 0 Å². The number of hydrogen-bond acceptors (Lipinski definition) is 3. The minimum absolute atomic E-state index is 0. The molecule has 0 atom stereocenters. The number of carbonyl (C=O) groups is 1. The third-order valence-electron chi connectivity index (χ3n) is 2.53. The van der Waals surface area contributed by atoms with Crippen molar-refractivity contribution in [2.24, 2.45) is 0 Å². The summed E-state index contributed by atoms with van der Waals surface area (Å²) in [5.41, 5.74) is 0.0670. The molecule has 0 unspecified atom stereocenters. The monoisotopic (exact) mass is 431 g/mol. The minimum atomic E-state index is -3.98. The van der Waals surface area contributed by atoms with E-state index >= 15 is 0 Å². The molecular weight excluding hydrogens is 424 g/mol. The van der Waals surface area contributed by atoms with E-state index in [9.17, 15) is 13.2 Å². The Kier molecular flexibility index (Phi) is 7.39. The predicted molar refractivity (Wildman–Crippen MR) is 86.4 cm³/mol. The zero-order valence-corrected chi connectivity index (χ0v) is 17.2. The van der Waals surface area contributed by atoms with Gasteiger partial charge in [0.05, 0.1) is 15.5 Å². The molecule has 22 heavy (non-hydrogen) atoms. The van der Waals surface area contributed by atoms with Crippen LogP contribution in [0.2, 0.25) is 10.0 Å². The maximum absolute atomic E-state index is 12.1. The molecule has 0 aliphatic rings. The second kappa shape index (κ2) is 8.15. The summed E-state index contributed by atoms with van der Waals surface area (Å²) in [6.07, 6.45) is 0. The summed E-state index contributed by atoms with van der Waals surface area (Å²) in [6, 6.07) is 9.99. The average molecular weight is 433 g/mol. The van der Waals surface area contributed by atoms with Crippen molar-refractivity contribution in [1.29, 1.82) is 0 Å². The number of hydrogen-bond donors (Lipinski definition) is 1. The summed E-state index contributed by atoms with van der Waals surface area (Å²) in [5.74, 6) is -0.803. The van der Waals surface area contributed by atoms with Crippen LogP contribution < -0.4 is 34.3 Å². The summed E-state index contributed by atoms with van der Waals surface area (Å²) < 4.78 is 26.8. The SMILES string of the molecule is O=C(NS(=O)(=O)c1ccc(Cl)cc1)c1ccc(Br)cc1Cl.[H-].[Na+]. The van der Waals surface area contributed by atoms with Crippen molar-refractivity contribution in [2.45, 2.75) is 4.90 Å². The van der Waals surface area contributed by atoms with E-state index in [1.807, 2.05) is 4.72 Å². The molecule has 0 radical (unpaired) electrons. The van der Waals surface area contributed by atoms with Crippen LogP contribution in [0.5, 0.6) is 0 Å². The molecule has 1 amide bonds.